The molecule has 174 valence electrons. The van der Waals surface area contributed by atoms with E-state index in [-0.39, 0.29) is 6.04 Å². The summed E-state index contributed by atoms with van der Waals surface area (Å²) >= 11 is 3.58. The second-order valence-electron chi connectivity index (χ2n) is 8.65. The minimum absolute atomic E-state index is 0.139. The van der Waals surface area contributed by atoms with E-state index in [0.29, 0.717) is 0 Å². The van der Waals surface area contributed by atoms with Crippen LogP contribution >= 0.6 is 15.9 Å². The van der Waals surface area contributed by atoms with Crippen LogP contribution in [0.3, 0.4) is 0 Å². The number of hydrogen-bond donors (Lipinski definition) is 1. The molecule has 0 saturated carbocycles. The van der Waals surface area contributed by atoms with Crippen LogP contribution in [-0.4, -0.2) is 16.1 Å². The summed E-state index contributed by atoms with van der Waals surface area (Å²) < 4.78 is 9.61. The minimum atomic E-state index is 0.139. The number of nitrogens with one attached hydrogen (secondary N) is 1. The van der Waals surface area contributed by atoms with E-state index in [1.54, 1.807) is 0 Å². The molecule has 0 amide bonds. The average Bonchev–Trinajstić information content (AvgIpc) is 3.07. The molecule has 5 heteroatoms. The Hall–Kier alpha value is -2.37. The Labute approximate surface area is 206 Å². The molecule has 0 fully saturated rings. The highest BCUT2D eigenvalue weighted by atomic mass is 79.9. The highest BCUT2D eigenvalue weighted by Crippen LogP contribution is 2.29. The van der Waals surface area contributed by atoms with E-state index in [4.69, 9.17) is 9.72 Å². The van der Waals surface area contributed by atoms with E-state index in [9.17, 15) is 0 Å². The van der Waals surface area contributed by atoms with Crippen molar-refractivity contribution >= 4 is 22.0 Å². The van der Waals surface area contributed by atoms with Crippen LogP contribution < -0.4 is 10.1 Å². The third-order valence-corrected chi connectivity index (χ3v) is 6.89. The molecule has 1 N–H and O–H groups in total. The summed E-state index contributed by atoms with van der Waals surface area (Å²) in [5.41, 5.74) is 5.47. The van der Waals surface area contributed by atoms with Crippen LogP contribution in [0.5, 0.6) is 11.6 Å². The first-order valence-electron chi connectivity index (χ1n) is 12.1. The monoisotopic (exact) mass is 507 g/mol. The smallest absolute Gasteiger partial charge is 0.219 e. The van der Waals surface area contributed by atoms with Crippen LogP contribution in [0.15, 0.2) is 53.1 Å². The lowest BCUT2D eigenvalue weighted by molar-refractivity contribution is 0.418. The van der Waals surface area contributed by atoms with Crippen molar-refractivity contribution in [2.24, 2.45) is 0 Å². The Balaban J connectivity index is 1.42. The molecule has 0 saturated heterocycles. The number of nitrogens with zero attached hydrogens (tertiary/aromatic N) is 2. The predicted molar refractivity (Wildman–Crippen MR) is 140 cm³/mol. The molecule has 1 aliphatic carbocycles. The first-order chi connectivity index (χ1) is 16.1. The van der Waals surface area contributed by atoms with E-state index in [0.717, 1.165) is 60.7 Å². The van der Waals surface area contributed by atoms with Gasteiger partial charge in [0.25, 0.3) is 0 Å². The largest absolute Gasteiger partial charge is 0.439 e. The maximum absolute atomic E-state index is 6.30. The molecular formula is C28H34BrN3O. The molecule has 4 nitrogen and oxygen atoms in total. The molecule has 0 spiro atoms. The second-order valence-corrected chi connectivity index (χ2v) is 9.56. The summed E-state index contributed by atoms with van der Waals surface area (Å²) in [7, 11) is 0. The number of fused-ring (bicyclic) bond motifs is 1. The quantitative estimate of drug-likeness (QED) is 0.331. The number of halogens is 1. The molecule has 0 radical (unpaired) electrons. The summed E-state index contributed by atoms with van der Waals surface area (Å²) in [6.07, 6.45) is 11.8. The van der Waals surface area contributed by atoms with Crippen LogP contribution in [0.25, 0.3) is 6.08 Å². The molecule has 33 heavy (non-hydrogen) atoms. The van der Waals surface area contributed by atoms with Gasteiger partial charge < -0.3 is 10.1 Å². The van der Waals surface area contributed by atoms with Gasteiger partial charge in [-0.3, -0.25) is 4.57 Å². The van der Waals surface area contributed by atoms with E-state index >= 15 is 0 Å². The maximum atomic E-state index is 6.30. The van der Waals surface area contributed by atoms with Gasteiger partial charge in [0, 0.05) is 11.0 Å². The van der Waals surface area contributed by atoms with Crippen LogP contribution in [0.2, 0.25) is 0 Å². The number of aryl methyl sites for hydroxylation is 2. The molecule has 2 aromatic carbocycles. The van der Waals surface area contributed by atoms with Gasteiger partial charge >= 0.3 is 0 Å². The lowest BCUT2D eigenvalue weighted by atomic mass is 10.0. The summed E-state index contributed by atoms with van der Waals surface area (Å²) in [4.78, 5) is 4.71. The zero-order chi connectivity index (χ0) is 23.2. The van der Waals surface area contributed by atoms with Gasteiger partial charge in [-0.05, 0) is 99.0 Å². The van der Waals surface area contributed by atoms with Gasteiger partial charge in [0.05, 0.1) is 12.2 Å². The Morgan fingerprint density at radius 1 is 1.15 bits per heavy atom. The summed E-state index contributed by atoms with van der Waals surface area (Å²) in [6, 6.07) is 13.1. The predicted octanol–water partition coefficient (Wildman–Crippen LogP) is 7.26. The maximum Gasteiger partial charge on any atom is 0.219 e. The van der Waals surface area contributed by atoms with Gasteiger partial charge in [-0.2, -0.15) is 0 Å². The van der Waals surface area contributed by atoms with Crippen molar-refractivity contribution < 1.29 is 4.74 Å². The van der Waals surface area contributed by atoms with E-state index in [1.165, 1.54) is 28.7 Å². The number of imidazole rings is 1. The number of allylic oxidation sites excluding steroid dienone is 1. The number of aromatic nitrogens is 2. The Bertz CT molecular complexity index is 1120. The molecule has 0 aliphatic heterocycles. The lowest BCUT2D eigenvalue weighted by Crippen LogP contribution is -2.24. The molecule has 4 rings (SSSR count). The minimum Gasteiger partial charge on any atom is -0.439 e. The molecule has 1 atom stereocenters. The van der Waals surface area contributed by atoms with Crippen molar-refractivity contribution in [3.63, 3.8) is 0 Å². The third kappa shape index (κ3) is 5.77. The fourth-order valence-corrected chi connectivity index (χ4v) is 4.98. The SMILES string of the molecule is CCc1cc(Br)ccc1CCN[C@H](C)c1ncc(Oc2ccc3c(c2)CCCC=C3)n1CC. The number of rotatable bonds is 9. The van der Waals surface area contributed by atoms with Crippen LogP contribution in [-0.2, 0) is 25.8 Å². The van der Waals surface area contributed by atoms with E-state index in [1.807, 2.05) is 6.20 Å². The normalized spacial score (nSPS) is 14.1. The zero-order valence-corrected chi connectivity index (χ0v) is 21.5. The fourth-order valence-electron chi connectivity index (χ4n) is 4.57. The highest BCUT2D eigenvalue weighted by molar-refractivity contribution is 9.10. The van der Waals surface area contributed by atoms with Gasteiger partial charge in [0.15, 0.2) is 0 Å². The lowest BCUT2D eigenvalue weighted by Gasteiger charge is -2.17. The summed E-state index contributed by atoms with van der Waals surface area (Å²) in [5.74, 6) is 2.69. The average molecular weight is 509 g/mol. The number of benzene rings is 2. The Kier molecular flexibility index (Phi) is 8.05. The fraction of sp³-hybridized carbons (Fsp3) is 0.393. The van der Waals surface area contributed by atoms with Crippen molar-refractivity contribution in [2.75, 3.05) is 6.54 Å². The van der Waals surface area contributed by atoms with Gasteiger partial charge in [-0.1, -0.05) is 47.1 Å². The number of hydrogen-bond acceptors (Lipinski definition) is 3. The van der Waals surface area contributed by atoms with Gasteiger partial charge in [0.1, 0.15) is 11.6 Å². The topological polar surface area (TPSA) is 39.1 Å². The standard InChI is InChI=1S/C28H34BrN3O/c1-4-21-17-25(29)13-11-23(21)15-16-30-20(3)28-31-19-27(32(28)5-2)33-26-14-12-22-9-7-6-8-10-24(22)18-26/h7,9,11-14,17-20,30H,4-6,8,10,15-16H2,1-3H3/t20-/m1/s1. The van der Waals surface area contributed by atoms with E-state index in [2.05, 4.69) is 95.1 Å². The van der Waals surface area contributed by atoms with E-state index < -0.39 is 0 Å². The molecule has 1 aromatic heterocycles. The molecule has 1 aliphatic rings. The molecular weight excluding hydrogens is 474 g/mol. The van der Waals surface area contributed by atoms with Gasteiger partial charge in [0.2, 0.25) is 5.88 Å². The Morgan fingerprint density at radius 3 is 2.85 bits per heavy atom. The summed E-state index contributed by atoms with van der Waals surface area (Å²) in [5, 5.41) is 3.65. The van der Waals surface area contributed by atoms with Crippen LogP contribution in [0, 0.1) is 0 Å². The molecule has 0 unspecified atom stereocenters. The van der Waals surface area contributed by atoms with Crippen molar-refractivity contribution in [3.8, 4) is 11.6 Å². The first kappa shape index (κ1) is 23.8. The van der Waals surface area contributed by atoms with Crippen molar-refractivity contribution in [2.45, 2.75) is 65.5 Å². The first-order valence-corrected chi connectivity index (χ1v) is 12.9. The molecule has 3 aromatic rings. The molecule has 0 bridgehead atoms. The molecule has 1 heterocycles. The van der Waals surface area contributed by atoms with Crippen molar-refractivity contribution in [1.29, 1.82) is 0 Å². The van der Waals surface area contributed by atoms with Crippen molar-refractivity contribution in [1.82, 2.24) is 14.9 Å². The third-order valence-electron chi connectivity index (χ3n) is 6.40. The summed E-state index contributed by atoms with van der Waals surface area (Å²) in [6.45, 7) is 8.25. The highest BCUT2D eigenvalue weighted by Gasteiger charge is 2.17. The van der Waals surface area contributed by atoms with Crippen LogP contribution in [0.4, 0.5) is 0 Å². The van der Waals surface area contributed by atoms with Gasteiger partial charge in [-0.15, -0.1) is 0 Å². The van der Waals surface area contributed by atoms with Gasteiger partial charge in [-0.25, -0.2) is 4.98 Å². The zero-order valence-electron chi connectivity index (χ0n) is 19.9. The number of ether oxygens (including phenoxy) is 1. The van der Waals surface area contributed by atoms with Crippen molar-refractivity contribution in [3.05, 3.63) is 81.2 Å². The van der Waals surface area contributed by atoms with Crippen LogP contribution in [0.1, 0.15) is 67.7 Å². The Morgan fingerprint density at radius 2 is 2.03 bits per heavy atom. The second kappa shape index (κ2) is 11.2.